The fraction of sp³-hybridized carbons (Fsp3) is 0.733. The average Bonchev–Trinajstić information content (AvgIpc) is 2.30. The number of piperidine rings is 1. The number of nitrogens with zero attached hydrogens (tertiary/aromatic N) is 1. The normalized spacial score (nSPS) is 21.4. The number of hydrogen-bond donors (Lipinski definition) is 0. The molecule has 1 aliphatic heterocycles. The molecule has 0 bridgehead atoms. The molecule has 0 saturated carbocycles. The Labute approximate surface area is 101 Å². The summed E-state index contributed by atoms with van der Waals surface area (Å²) >= 11 is 0. The zero-order valence-corrected chi connectivity index (χ0v) is 11.0. The molecule has 0 amide bonds. The number of rotatable bonds is 6. The van der Waals surface area contributed by atoms with Crippen molar-refractivity contribution in [3.8, 4) is 0 Å². The van der Waals surface area contributed by atoms with Crippen molar-refractivity contribution >= 4 is 0 Å². The van der Waals surface area contributed by atoms with Gasteiger partial charge in [0.15, 0.2) is 0 Å². The summed E-state index contributed by atoms with van der Waals surface area (Å²) < 4.78 is 0. The van der Waals surface area contributed by atoms with Gasteiger partial charge in [-0.15, -0.1) is 6.58 Å². The van der Waals surface area contributed by atoms with Gasteiger partial charge in [-0.25, -0.2) is 0 Å². The van der Waals surface area contributed by atoms with Crippen LogP contribution < -0.4 is 0 Å². The highest BCUT2D eigenvalue weighted by molar-refractivity contribution is 5.03. The van der Waals surface area contributed by atoms with E-state index in [9.17, 15) is 0 Å². The van der Waals surface area contributed by atoms with Gasteiger partial charge in [-0.2, -0.15) is 0 Å². The molecule has 0 aromatic rings. The van der Waals surface area contributed by atoms with E-state index in [1.807, 2.05) is 0 Å². The molecule has 1 saturated heterocycles. The Bertz CT molecular complexity index is 226. The van der Waals surface area contributed by atoms with E-state index in [1.54, 1.807) is 0 Å². The quantitative estimate of drug-likeness (QED) is 0.612. The molecule has 1 nitrogen and oxygen atoms in total. The fourth-order valence-corrected chi connectivity index (χ4v) is 2.51. The minimum atomic E-state index is 0.600. The molecule has 0 aliphatic carbocycles. The van der Waals surface area contributed by atoms with Crippen LogP contribution in [-0.4, -0.2) is 24.0 Å². The Hall–Kier alpha value is -0.560. The van der Waals surface area contributed by atoms with Crippen molar-refractivity contribution in [1.82, 2.24) is 4.90 Å². The van der Waals surface area contributed by atoms with E-state index in [0.29, 0.717) is 12.0 Å². The minimum Gasteiger partial charge on any atom is -0.297 e. The van der Waals surface area contributed by atoms with Crippen LogP contribution in [-0.2, 0) is 0 Å². The maximum absolute atomic E-state index is 4.17. The van der Waals surface area contributed by atoms with Crippen LogP contribution in [0.5, 0.6) is 0 Å². The van der Waals surface area contributed by atoms with Crippen molar-refractivity contribution in [2.24, 2.45) is 5.92 Å². The molecule has 1 aliphatic rings. The highest BCUT2D eigenvalue weighted by Gasteiger charge is 2.21. The molecule has 0 N–H and O–H groups in total. The topological polar surface area (TPSA) is 3.24 Å². The highest BCUT2D eigenvalue weighted by atomic mass is 15.2. The molecule has 92 valence electrons. The van der Waals surface area contributed by atoms with E-state index in [-0.39, 0.29) is 0 Å². The van der Waals surface area contributed by atoms with Crippen LogP contribution >= 0.6 is 0 Å². The monoisotopic (exact) mass is 221 g/mol. The van der Waals surface area contributed by atoms with Gasteiger partial charge >= 0.3 is 0 Å². The number of allylic oxidation sites excluding steroid dienone is 1. The van der Waals surface area contributed by atoms with Crippen LogP contribution in [0.4, 0.5) is 0 Å². The summed E-state index contributed by atoms with van der Waals surface area (Å²) in [6.45, 7) is 15.0. The van der Waals surface area contributed by atoms with Gasteiger partial charge in [0.05, 0.1) is 0 Å². The van der Waals surface area contributed by atoms with E-state index in [4.69, 9.17) is 0 Å². The van der Waals surface area contributed by atoms with Gasteiger partial charge in [0.2, 0.25) is 0 Å². The Morgan fingerprint density at radius 3 is 2.38 bits per heavy atom. The average molecular weight is 221 g/mol. The van der Waals surface area contributed by atoms with Gasteiger partial charge in [-0.05, 0) is 51.6 Å². The van der Waals surface area contributed by atoms with E-state index in [0.717, 1.165) is 0 Å². The summed E-state index contributed by atoms with van der Waals surface area (Å²) in [4.78, 5) is 2.63. The van der Waals surface area contributed by atoms with Gasteiger partial charge < -0.3 is 0 Å². The van der Waals surface area contributed by atoms with Gasteiger partial charge in [0.25, 0.3) is 0 Å². The standard InChI is InChI=1S/C15H27N/c1-5-14(4)9-10-15(13(2)3)16-11-7-6-8-12-16/h5,14-15H,1-2,6-12H2,3-4H3. The summed E-state index contributed by atoms with van der Waals surface area (Å²) in [6, 6.07) is 0.600. The lowest BCUT2D eigenvalue weighted by molar-refractivity contribution is 0.172. The predicted molar refractivity (Wildman–Crippen MR) is 72.6 cm³/mol. The number of hydrogen-bond acceptors (Lipinski definition) is 1. The van der Waals surface area contributed by atoms with Crippen LogP contribution in [0.25, 0.3) is 0 Å². The SMILES string of the molecule is C=CC(C)CCC(C(=C)C)N1CCCCC1. The first kappa shape index (κ1) is 13.5. The Morgan fingerprint density at radius 1 is 1.25 bits per heavy atom. The molecule has 2 unspecified atom stereocenters. The zero-order chi connectivity index (χ0) is 12.0. The van der Waals surface area contributed by atoms with E-state index < -0.39 is 0 Å². The minimum absolute atomic E-state index is 0.600. The first-order valence-corrected chi connectivity index (χ1v) is 6.67. The second-order valence-corrected chi connectivity index (χ2v) is 5.25. The molecular formula is C15H27N. The third-order valence-electron chi connectivity index (χ3n) is 3.70. The molecule has 2 atom stereocenters. The molecule has 0 aromatic carbocycles. The first-order valence-electron chi connectivity index (χ1n) is 6.67. The summed E-state index contributed by atoms with van der Waals surface area (Å²) in [5.41, 5.74) is 1.33. The van der Waals surface area contributed by atoms with E-state index in [1.165, 1.54) is 50.8 Å². The second kappa shape index (κ2) is 6.90. The molecule has 1 heterocycles. The van der Waals surface area contributed by atoms with Crippen molar-refractivity contribution < 1.29 is 0 Å². The van der Waals surface area contributed by atoms with Crippen molar-refractivity contribution in [1.29, 1.82) is 0 Å². The summed E-state index contributed by atoms with van der Waals surface area (Å²) in [7, 11) is 0. The molecule has 16 heavy (non-hydrogen) atoms. The summed E-state index contributed by atoms with van der Waals surface area (Å²) in [5.74, 6) is 0.631. The van der Waals surface area contributed by atoms with Crippen molar-refractivity contribution in [3.63, 3.8) is 0 Å². The van der Waals surface area contributed by atoms with Crippen LogP contribution in [0.1, 0.15) is 46.0 Å². The highest BCUT2D eigenvalue weighted by Crippen LogP contribution is 2.22. The lowest BCUT2D eigenvalue weighted by Crippen LogP contribution is -2.39. The second-order valence-electron chi connectivity index (χ2n) is 5.25. The third-order valence-corrected chi connectivity index (χ3v) is 3.70. The molecular weight excluding hydrogens is 194 g/mol. The molecule has 0 radical (unpaired) electrons. The van der Waals surface area contributed by atoms with Crippen LogP contribution in [0.3, 0.4) is 0 Å². The van der Waals surface area contributed by atoms with Crippen LogP contribution in [0, 0.1) is 5.92 Å². The fourth-order valence-electron chi connectivity index (χ4n) is 2.51. The van der Waals surface area contributed by atoms with Gasteiger partial charge in [0, 0.05) is 6.04 Å². The third kappa shape index (κ3) is 4.13. The van der Waals surface area contributed by atoms with Crippen molar-refractivity contribution in [2.45, 2.75) is 52.0 Å². The summed E-state index contributed by atoms with van der Waals surface area (Å²) in [5, 5.41) is 0. The van der Waals surface area contributed by atoms with Crippen LogP contribution in [0.2, 0.25) is 0 Å². The Kier molecular flexibility index (Phi) is 5.83. The van der Waals surface area contributed by atoms with Gasteiger partial charge in [0.1, 0.15) is 0 Å². The molecule has 0 aromatic heterocycles. The van der Waals surface area contributed by atoms with E-state index in [2.05, 4.69) is 38.0 Å². The number of likely N-dealkylation sites (tertiary alicyclic amines) is 1. The molecule has 1 rings (SSSR count). The Balaban J connectivity index is 2.46. The zero-order valence-electron chi connectivity index (χ0n) is 11.0. The maximum Gasteiger partial charge on any atom is 0.0302 e. The Morgan fingerprint density at radius 2 is 1.88 bits per heavy atom. The molecule has 1 fully saturated rings. The molecule has 0 spiro atoms. The van der Waals surface area contributed by atoms with Crippen LogP contribution in [0.15, 0.2) is 24.8 Å². The van der Waals surface area contributed by atoms with Crippen molar-refractivity contribution in [3.05, 3.63) is 24.8 Å². The lowest BCUT2D eigenvalue weighted by atomic mass is 9.95. The lowest BCUT2D eigenvalue weighted by Gasteiger charge is -2.35. The van der Waals surface area contributed by atoms with Gasteiger partial charge in [-0.1, -0.05) is 31.6 Å². The van der Waals surface area contributed by atoms with Crippen molar-refractivity contribution in [2.75, 3.05) is 13.1 Å². The molecule has 1 heteroatoms. The largest absolute Gasteiger partial charge is 0.297 e. The summed E-state index contributed by atoms with van der Waals surface area (Å²) in [6.07, 6.45) is 8.66. The maximum atomic E-state index is 4.17. The predicted octanol–water partition coefficient (Wildman–Crippen LogP) is 4.02. The smallest absolute Gasteiger partial charge is 0.0302 e. The van der Waals surface area contributed by atoms with E-state index >= 15 is 0 Å². The van der Waals surface area contributed by atoms with Gasteiger partial charge in [-0.3, -0.25) is 4.90 Å². The first-order chi connectivity index (χ1) is 7.65.